The summed E-state index contributed by atoms with van der Waals surface area (Å²) in [5.74, 6) is 0.330. The minimum atomic E-state index is -0.800. The highest BCUT2D eigenvalue weighted by molar-refractivity contribution is 5.67. The van der Waals surface area contributed by atoms with Crippen molar-refractivity contribution in [1.29, 1.82) is 0 Å². The standard InChI is InChI=1S/C23H27FO4.3C2H6/c1-4-5-16-12-20(8-6-15(16)7-9-21(25)26)27-14-18-11-19(24)10-17-13-23(2,3)28-22(17)18;3*1-2/h6,8,10-12H,4-5,7,9,13-14H2,1-3H3,(H,25,26);3*1-2H3. The Morgan fingerprint density at radius 1 is 1.00 bits per heavy atom. The van der Waals surface area contributed by atoms with Crippen molar-refractivity contribution in [2.45, 2.75) is 107 Å². The van der Waals surface area contributed by atoms with Crippen molar-refractivity contribution in [3.05, 3.63) is 58.4 Å². The molecule has 192 valence electrons. The molecule has 4 nitrogen and oxygen atoms in total. The monoisotopic (exact) mass is 476 g/mol. The predicted octanol–water partition coefficient (Wildman–Crippen LogP) is 8.17. The minimum absolute atomic E-state index is 0.111. The third kappa shape index (κ3) is 9.74. The van der Waals surface area contributed by atoms with E-state index in [-0.39, 0.29) is 24.4 Å². The van der Waals surface area contributed by atoms with Gasteiger partial charge in [-0.2, -0.15) is 0 Å². The maximum atomic E-state index is 14.0. The lowest BCUT2D eigenvalue weighted by Crippen LogP contribution is -2.25. The molecule has 0 aromatic heterocycles. The summed E-state index contributed by atoms with van der Waals surface area (Å²) in [5.41, 5.74) is 3.37. The third-order valence-corrected chi connectivity index (χ3v) is 4.90. The number of halogens is 1. The van der Waals surface area contributed by atoms with Crippen LogP contribution in [0.5, 0.6) is 11.5 Å². The second-order valence-electron chi connectivity index (χ2n) is 7.95. The smallest absolute Gasteiger partial charge is 0.303 e. The molecule has 3 rings (SSSR count). The number of ether oxygens (including phenoxy) is 2. The molecule has 0 bridgehead atoms. The molecule has 0 amide bonds. The van der Waals surface area contributed by atoms with E-state index in [4.69, 9.17) is 14.6 Å². The zero-order chi connectivity index (χ0) is 26.3. The Morgan fingerprint density at radius 3 is 2.24 bits per heavy atom. The molecule has 1 heterocycles. The van der Waals surface area contributed by atoms with Crippen LogP contribution in [-0.2, 0) is 30.7 Å². The molecule has 0 fully saturated rings. The topological polar surface area (TPSA) is 55.8 Å². The third-order valence-electron chi connectivity index (χ3n) is 4.90. The number of benzene rings is 2. The molecule has 0 unspecified atom stereocenters. The summed E-state index contributed by atoms with van der Waals surface area (Å²) in [6.45, 7) is 18.3. The van der Waals surface area contributed by atoms with Gasteiger partial charge in [0, 0.05) is 24.0 Å². The van der Waals surface area contributed by atoms with E-state index in [0.717, 1.165) is 35.3 Å². The second kappa shape index (κ2) is 16.1. The number of rotatable bonds is 8. The molecule has 1 aliphatic heterocycles. The number of aryl methyl sites for hydroxylation is 2. The van der Waals surface area contributed by atoms with Crippen molar-refractivity contribution < 1.29 is 23.8 Å². The first-order valence-corrected chi connectivity index (χ1v) is 12.7. The Morgan fingerprint density at radius 2 is 1.65 bits per heavy atom. The number of carboxylic acid groups (broad SMARTS) is 1. The van der Waals surface area contributed by atoms with Crippen LogP contribution in [0.3, 0.4) is 0 Å². The fraction of sp³-hybridized carbons (Fsp3) is 0.552. The number of hydrogen-bond acceptors (Lipinski definition) is 3. The van der Waals surface area contributed by atoms with Crippen LogP contribution in [0, 0.1) is 5.82 Å². The second-order valence-corrected chi connectivity index (χ2v) is 7.95. The van der Waals surface area contributed by atoms with Gasteiger partial charge in [-0.05, 0) is 62.1 Å². The number of aliphatic carboxylic acids is 1. The van der Waals surface area contributed by atoms with Gasteiger partial charge < -0.3 is 14.6 Å². The molecule has 5 heteroatoms. The van der Waals surface area contributed by atoms with Crippen LogP contribution in [0.25, 0.3) is 0 Å². The molecule has 0 aliphatic carbocycles. The van der Waals surface area contributed by atoms with Crippen molar-refractivity contribution in [2.75, 3.05) is 0 Å². The highest BCUT2D eigenvalue weighted by Gasteiger charge is 2.32. The Kier molecular flexibility index (Phi) is 14.9. The van der Waals surface area contributed by atoms with E-state index in [1.165, 1.54) is 12.1 Å². The minimum Gasteiger partial charge on any atom is -0.489 e. The van der Waals surface area contributed by atoms with Crippen molar-refractivity contribution >= 4 is 5.97 Å². The zero-order valence-electron chi connectivity index (χ0n) is 22.7. The number of hydrogen-bond donors (Lipinski definition) is 1. The molecule has 2 aromatic rings. The summed E-state index contributed by atoms with van der Waals surface area (Å²) >= 11 is 0. The fourth-order valence-electron chi connectivity index (χ4n) is 3.69. The molecule has 0 saturated heterocycles. The highest BCUT2D eigenvalue weighted by atomic mass is 19.1. The van der Waals surface area contributed by atoms with Gasteiger partial charge in [0.2, 0.25) is 0 Å². The van der Waals surface area contributed by atoms with Crippen LogP contribution < -0.4 is 9.47 Å². The van der Waals surface area contributed by atoms with E-state index in [9.17, 15) is 9.18 Å². The van der Waals surface area contributed by atoms with Crippen LogP contribution >= 0.6 is 0 Å². The van der Waals surface area contributed by atoms with Gasteiger partial charge in [-0.15, -0.1) is 0 Å². The van der Waals surface area contributed by atoms with Gasteiger partial charge in [-0.25, -0.2) is 4.39 Å². The van der Waals surface area contributed by atoms with Gasteiger partial charge in [-0.3, -0.25) is 4.79 Å². The van der Waals surface area contributed by atoms with E-state index in [0.29, 0.717) is 24.2 Å². The van der Waals surface area contributed by atoms with E-state index >= 15 is 0 Å². The Balaban J connectivity index is 0.00000168. The molecule has 34 heavy (non-hydrogen) atoms. The van der Waals surface area contributed by atoms with Gasteiger partial charge in [0.1, 0.15) is 29.5 Å². The molecule has 1 N–H and O–H groups in total. The molecular weight excluding hydrogens is 431 g/mol. The van der Waals surface area contributed by atoms with E-state index < -0.39 is 5.97 Å². The first-order chi connectivity index (χ1) is 16.3. The Hall–Kier alpha value is -2.56. The van der Waals surface area contributed by atoms with Gasteiger partial charge in [-0.1, -0.05) is 61.0 Å². The maximum Gasteiger partial charge on any atom is 0.303 e. The quantitative estimate of drug-likeness (QED) is 0.417. The van der Waals surface area contributed by atoms with E-state index in [1.807, 2.05) is 73.6 Å². The summed E-state index contributed by atoms with van der Waals surface area (Å²) in [5, 5.41) is 8.93. The average Bonchev–Trinajstić information content (AvgIpc) is 3.14. The Bertz CT molecular complexity index is 875. The predicted molar refractivity (Wildman–Crippen MR) is 140 cm³/mol. The lowest BCUT2D eigenvalue weighted by Gasteiger charge is -2.18. The van der Waals surface area contributed by atoms with Crippen molar-refractivity contribution in [1.82, 2.24) is 0 Å². The molecule has 2 aromatic carbocycles. The number of carboxylic acids is 1. The van der Waals surface area contributed by atoms with Gasteiger partial charge in [0.05, 0.1) is 0 Å². The summed E-state index contributed by atoms with van der Waals surface area (Å²) < 4.78 is 26.0. The lowest BCUT2D eigenvalue weighted by molar-refractivity contribution is -0.136. The molecule has 0 spiro atoms. The molecular formula is C29H45FO4. The summed E-state index contributed by atoms with van der Waals surface area (Å²) in [4.78, 5) is 10.9. The lowest BCUT2D eigenvalue weighted by atomic mass is 9.99. The van der Waals surface area contributed by atoms with Gasteiger partial charge >= 0.3 is 5.97 Å². The molecule has 0 radical (unpaired) electrons. The summed E-state index contributed by atoms with van der Waals surface area (Å²) in [6, 6.07) is 8.74. The number of fused-ring (bicyclic) bond motifs is 1. The van der Waals surface area contributed by atoms with Crippen LogP contribution in [0.1, 0.15) is 97.4 Å². The molecule has 0 saturated carbocycles. The summed E-state index contributed by atoms with van der Waals surface area (Å²) in [7, 11) is 0. The van der Waals surface area contributed by atoms with Crippen LogP contribution in [-0.4, -0.2) is 16.7 Å². The fourth-order valence-corrected chi connectivity index (χ4v) is 3.69. The van der Waals surface area contributed by atoms with E-state index in [2.05, 4.69) is 6.92 Å². The highest BCUT2D eigenvalue weighted by Crippen LogP contribution is 2.38. The van der Waals surface area contributed by atoms with Gasteiger partial charge in [0.15, 0.2) is 0 Å². The zero-order valence-corrected chi connectivity index (χ0v) is 22.7. The first kappa shape index (κ1) is 31.4. The van der Waals surface area contributed by atoms with Crippen molar-refractivity contribution in [3.63, 3.8) is 0 Å². The Labute approximate surface area is 206 Å². The summed E-state index contributed by atoms with van der Waals surface area (Å²) in [6.07, 6.45) is 3.11. The van der Waals surface area contributed by atoms with E-state index in [1.54, 1.807) is 0 Å². The van der Waals surface area contributed by atoms with Crippen LogP contribution in [0.15, 0.2) is 30.3 Å². The van der Waals surface area contributed by atoms with Gasteiger partial charge in [0.25, 0.3) is 0 Å². The first-order valence-electron chi connectivity index (χ1n) is 12.7. The SMILES string of the molecule is CC.CC.CC.CCCc1cc(OCc2cc(F)cc3c2OC(C)(C)C3)ccc1CCC(=O)O. The van der Waals surface area contributed by atoms with Crippen molar-refractivity contribution in [2.24, 2.45) is 0 Å². The van der Waals surface area contributed by atoms with Crippen molar-refractivity contribution in [3.8, 4) is 11.5 Å². The molecule has 1 aliphatic rings. The normalized spacial score (nSPS) is 12.4. The largest absolute Gasteiger partial charge is 0.489 e. The number of carbonyl (C=O) groups is 1. The molecule has 0 atom stereocenters. The average molecular weight is 477 g/mol. The van der Waals surface area contributed by atoms with Crippen LogP contribution in [0.2, 0.25) is 0 Å². The van der Waals surface area contributed by atoms with Crippen LogP contribution in [0.4, 0.5) is 4.39 Å². The maximum absolute atomic E-state index is 14.0.